The van der Waals surface area contributed by atoms with Crippen LogP contribution in [0.4, 0.5) is 0 Å². The lowest BCUT2D eigenvalue weighted by Crippen LogP contribution is -2.42. The monoisotopic (exact) mass is 317 g/mol. The second-order valence-corrected chi connectivity index (χ2v) is 6.25. The molecular formula is C13H24N3O4P. The zero-order valence-corrected chi connectivity index (χ0v) is 13.9. The van der Waals surface area contributed by atoms with Crippen LogP contribution in [0.3, 0.4) is 0 Å². The maximum atomic E-state index is 11.5. The average molecular weight is 317 g/mol. The SMILES string of the molecule is C=C1NC(=O)C=CN1[C@@H](C)O[C@@H](C)CO[PH](=O)NC(C)C. The third-order valence-corrected chi connectivity index (χ3v) is 3.88. The van der Waals surface area contributed by atoms with Crippen LogP contribution in [0.2, 0.25) is 0 Å². The Morgan fingerprint density at radius 2 is 2.10 bits per heavy atom. The number of rotatable bonds is 8. The maximum Gasteiger partial charge on any atom is 0.258 e. The standard InChI is InChI=1S/C13H24N3O4P/c1-9(2)15-21(18)19-8-10(3)20-12(5)16-7-6-13(17)14-11(16)4/h6-7,9-10,12,21H,4,8H2,1-3,5H3,(H,14,17)(H,15,18)/t10-,12+/m0/s1. The fourth-order valence-electron chi connectivity index (χ4n) is 1.74. The molecule has 0 aromatic heterocycles. The lowest BCUT2D eigenvalue weighted by atomic mass is 10.4. The van der Waals surface area contributed by atoms with Gasteiger partial charge in [0.15, 0.2) is 0 Å². The van der Waals surface area contributed by atoms with Crippen molar-refractivity contribution >= 4 is 14.1 Å². The molecule has 0 aromatic rings. The number of hydrogen-bond donors (Lipinski definition) is 2. The minimum Gasteiger partial charge on any atom is -0.353 e. The van der Waals surface area contributed by atoms with Crippen LogP contribution in [0.15, 0.2) is 24.7 Å². The van der Waals surface area contributed by atoms with Crippen LogP contribution in [0.25, 0.3) is 0 Å². The molecule has 2 N–H and O–H groups in total. The van der Waals surface area contributed by atoms with Crippen molar-refractivity contribution in [2.75, 3.05) is 6.61 Å². The van der Waals surface area contributed by atoms with E-state index >= 15 is 0 Å². The van der Waals surface area contributed by atoms with Gasteiger partial charge in [0, 0.05) is 18.3 Å². The van der Waals surface area contributed by atoms with Crippen LogP contribution in [0.5, 0.6) is 0 Å². The van der Waals surface area contributed by atoms with Crippen molar-refractivity contribution in [3.05, 3.63) is 24.7 Å². The van der Waals surface area contributed by atoms with Gasteiger partial charge in [-0.2, -0.15) is 0 Å². The molecule has 3 atom stereocenters. The lowest BCUT2D eigenvalue weighted by molar-refractivity contribution is -0.118. The van der Waals surface area contributed by atoms with Crippen LogP contribution < -0.4 is 10.4 Å². The summed E-state index contributed by atoms with van der Waals surface area (Å²) in [5.74, 6) is 0.247. The average Bonchev–Trinajstić information content (AvgIpc) is 2.35. The summed E-state index contributed by atoms with van der Waals surface area (Å²) in [6.45, 7) is 11.4. The van der Waals surface area contributed by atoms with E-state index in [4.69, 9.17) is 9.26 Å². The second-order valence-electron chi connectivity index (χ2n) is 5.10. The molecule has 1 heterocycles. The molecule has 0 spiro atoms. The van der Waals surface area contributed by atoms with E-state index in [0.717, 1.165) is 0 Å². The summed E-state index contributed by atoms with van der Waals surface area (Å²) in [6.07, 6.45) is 2.44. The van der Waals surface area contributed by atoms with E-state index in [9.17, 15) is 9.36 Å². The molecule has 0 fully saturated rings. The highest BCUT2D eigenvalue weighted by atomic mass is 31.1. The van der Waals surface area contributed by atoms with Gasteiger partial charge in [0.25, 0.3) is 14.1 Å². The van der Waals surface area contributed by atoms with Gasteiger partial charge in [-0.1, -0.05) is 6.58 Å². The molecule has 8 heteroatoms. The van der Waals surface area contributed by atoms with E-state index in [0.29, 0.717) is 5.82 Å². The van der Waals surface area contributed by atoms with E-state index in [-0.39, 0.29) is 30.9 Å². The third-order valence-electron chi connectivity index (χ3n) is 2.64. The second kappa shape index (κ2) is 8.34. The minimum absolute atomic E-state index is 0.108. The first kappa shape index (κ1) is 17.9. The van der Waals surface area contributed by atoms with E-state index in [1.165, 1.54) is 6.08 Å². The Balaban J connectivity index is 2.38. The number of nitrogens with one attached hydrogen (secondary N) is 2. The Labute approximate surface area is 126 Å². The molecule has 0 bridgehead atoms. The van der Waals surface area contributed by atoms with E-state index in [2.05, 4.69) is 17.0 Å². The van der Waals surface area contributed by atoms with Gasteiger partial charge >= 0.3 is 0 Å². The minimum atomic E-state index is -2.24. The molecule has 1 aliphatic heterocycles. The van der Waals surface area contributed by atoms with Crippen molar-refractivity contribution in [3.8, 4) is 0 Å². The number of ether oxygens (including phenoxy) is 1. The zero-order valence-electron chi connectivity index (χ0n) is 12.9. The Kier molecular flexibility index (Phi) is 7.11. The van der Waals surface area contributed by atoms with Gasteiger partial charge in [0.05, 0.1) is 12.7 Å². The normalized spacial score (nSPS) is 19.6. The topological polar surface area (TPSA) is 79.9 Å². The summed E-state index contributed by atoms with van der Waals surface area (Å²) in [5, 5.41) is 5.41. The lowest BCUT2D eigenvalue weighted by Gasteiger charge is -2.33. The first-order valence-corrected chi connectivity index (χ1v) is 8.16. The van der Waals surface area contributed by atoms with Crippen LogP contribution in [-0.4, -0.2) is 35.8 Å². The molecule has 1 unspecified atom stereocenters. The molecule has 0 aliphatic carbocycles. The number of nitrogens with zero attached hydrogens (tertiary/aromatic N) is 1. The summed E-state index contributed by atoms with van der Waals surface area (Å²) >= 11 is 0. The molecule has 21 heavy (non-hydrogen) atoms. The quantitative estimate of drug-likeness (QED) is 0.661. The highest BCUT2D eigenvalue weighted by Crippen LogP contribution is 2.19. The van der Waals surface area contributed by atoms with Crippen LogP contribution in [0.1, 0.15) is 27.7 Å². The Morgan fingerprint density at radius 3 is 2.67 bits per heavy atom. The van der Waals surface area contributed by atoms with Gasteiger partial charge < -0.3 is 19.5 Å². The maximum absolute atomic E-state index is 11.5. The van der Waals surface area contributed by atoms with Crippen molar-refractivity contribution in [3.63, 3.8) is 0 Å². The van der Waals surface area contributed by atoms with Gasteiger partial charge in [0.2, 0.25) is 0 Å². The summed E-state index contributed by atoms with van der Waals surface area (Å²) in [4.78, 5) is 12.8. The molecule has 0 saturated heterocycles. The van der Waals surface area contributed by atoms with Gasteiger partial charge in [-0.25, -0.2) is 5.09 Å². The largest absolute Gasteiger partial charge is 0.353 e. The summed E-state index contributed by atoms with van der Waals surface area (Å²) in [7, 11) is -2.24. The van der Waals surface area contributed by atoms with Crippen molar-refractivity contribution < 1.29 is 18.6 Å². The van der Waals surface area contributed by atoms with Crippen LogP contribution >= 0.6 is 8.18 Å². The molecule has 0 radical (unpaired) electrons. The Morgan fingerprint density at radius 1 is 1.43 bits per heavy atom. The molecule has 0 aromatic carbocycles. The van der Waals surface area contributed by atoms with Gasteiger partial charge in [-0.3, -0.25) is 9.36 Å². The smallest absolute Gasteiger partial charge is 0.258 e. The van der Waals surface area contributed by atoms with E-state index in [1.807, 2.05) is 27.7 Å². The first-order chi connectivity index (χ1) is 9.79. The van der Waals surface area contributed by atoms with Crippen LogP contribution in [-0.2, 0) is 18.6 Å². The van der Waals surface area contributed by atoms with Crippen molar-refractivity contribution in [2.45, 2.75) is 46.1 Å². The summed E-state index contributed by atoms with van der Waals surface area (Å²) in [5.41, 5.74) is 0. The fraction of sp³-hybridized carbons (Fsp3) is 0.615. The third kappa shape index (κ3) is 6.44. The molecular weight excluding hydrogens is 293 g/mol. The number of amides is 1. The van der Waals surface area contributed by atoms with Crippen molar-refractivity contribution in [2.24, 2.45) is 0 Å². The fourth-order valence-corrected chi connectivity index (χ4v) is 2.68. The molecule has 0 saturated carbocycles. The van der Waals surface area contributed by atoms with Crippen LogP contribution in [0, 0.1) is 0 Å². The molecule has 1 rings (SSSR count). The number of hydrogen-bond acceptors (Lipinski definition) is 5. The predicted molar refractivity (Wildman–Crippen MR) is 81.5 cm³/mol. The van der Waals surface area contributed by atoms with Gasteiger partial charge in [0.1, 0.15) is 12.0 Å². The van der Waals surface area contributed by atoms with E-state index < -0.39 is 8.18 Å². The molecule has 7 nitrogen and oxygen atoms in total. The number of carbonyl (C=O) groups is 1. The molecule has 1 aliphatic rings. The number of carbonyl (C=O) groups excluding carboxylic acids is 1. The van der Waals surface area contributed by atoms with Crippen molar-refractivity contribution in [1.82, 2.24) is 15.3 Å². The highest BCUT2D eigenvalue weighted by Gasteiger charge is 2.21. The highest BCUT2D eigenvalue weighted by molar-refractivity contribution is 7.36. The van der Waals surface area contributed by atoms with Gasteiger partial charge in [-0.05, 0) is 27.7 Å². The Hall–Kier alpha value is -1.14. The van der Waals surface area contributed by atoms with Gasteiger partial charge in [-0.15, -0.1) is 0 Å². The zero-order chi connectivity index (χ0) is 16.0. The molecule has 120 valence electrons. The summed E-state index contributed by atoms with van der Waals surface area (Å²) in [6, 6.07) is 0.108. The Bertz CT molecular complexity index is 439. The predicted octanol–water partition coefficient (Wildman–Crippen LogP) is 1.56. The van der Waals surface area contributed by atoms with E-state index in [1.54, 1.807) is 11.1 Å². The van der Waals surface area contributed by atoms with Crippen molar-refractivity contribution in [1.29, 1.82) is 0 Å². The first-order valence-electron chi connectivity index (χ1n) is 6.84. The molecule has 1 amide bonds. The summed E-state index contributed by atoms with van der Waals surface area (Å²) < 4.78 is 22.5.